The molecule has 148 valence electrons. The largest absolute Gasteiger partial charge is 0.474 e. The molecule has 7 nitrogen and oxygen atoms in total. The third-order valence-corrected chi connectivity index (χ3v) is 5.29. The number of likely N-dealkylation sites (N-methyl/N-ethyl adjacent to an activating group) is 1. The molecule has 7 heteroatoms. The fraction of sp³-hybridized carbons (Fsp3) is 0.429. The molecule has 1 amide bonds. The molecule has 0 saturated carbocycles. The Hall–Kier alpha value is -2.80. The number of hydrogen-bond donors (Lipinski definition) is 2. The molecule has 0 aliphatic carbocycles. The lowest BCUT2D eigenvalue weighted by Crippen LogP contribution is -2.43. The van der Waals surface area contributed by atoms with E-state index in [0.29, 0.717) is 24.6 Å². The number of rotatable bonds is 5. The van der Waals surface area contributed by atoms with Crippen molar-refractivity contribution in [3.63, 3.8) is 0 Å². The summed E-state index contributed by atoms with van der Waals surface area (Å²) in [5.74, 6) is 0.488. The van der Waals surface area contributed by atoms with Gasteiger partial charge in [0.05, 0.1) is 12.1 Å². The van der Waals surface area contributed by atoms with Crippen LogP contribution >= 0.6 is 0 Å². The van der Waals surface area contributed by atoms with Crippen LogP contribution in [0.3, 0.4) is 0 Å². The smallest absolute Gasteiger partial charge is 0.252 e. The molecule has 2 aliphatic heterocycles. The minimum atomic E-state index is -0.105. The maximum Gasteiger partial charge on any atom is 0.252 e. The molecule has 2 aliphatic rings. The topological polar surface area (TPSA) is 69.7 Å². The van der Waals surface area contributed by atoms with Gasteiger partial charge in [-0.25, -0.2) is 4.98 Å². The van der Waals surface area contributed by atoms with Crippen LogP contribution in [0.1, 0.15) is 15.9 Å². The van der Waals surface area contributed by atoms with Gasteiger partial charge in [0.2, 0.25) is 5.88 Å². The maximum absolute atomic E-state index is 12.5. The molecular weight excluding hydrogens is 354 g/mol. The summed E-state index contributed by atoms with van der Waals surface area (Å²) in [6.45, 7) is 6.17. The SMILES string of the molecule is CN1CCOc2ncc(C(=O)NCCc3ccc(N4CCNCC4)cc3)cc21. The van der Waals surface area contributed by atoms with Crippen LogP contribution in [0.2, 0.25) is 0 Å². The van der Waals surface area contributed by atoms with Crippen LogP contribution in [0.15, 0.2) is 36.5 Å². The second kappa shape index (κ2) is 8.48. The minimum absolute atomic E-state index is 0.105. The molecule has 0 bridgehead atoms. The molecular formula is C21H27N5O2. The lowest BCUT2D eigenvalue weighted by Gasteiger charge is -2.29. The maximum atomic E-state index is 12.5. The normalized spacial score (nSPS) is 16.3. The Labute approximate surface area is 165 Å². The minimum Gasteiger partial charge on any atom is -0.474 e. The van der Waals surface area contributed by atoms with E-state index in [2.05, 4.69) is 49.7 Å². The number of hydrogen-bond acceptors (Lipinski definition) is 6. The Morgan fingerprint density at radius 2 is 2.00 bits per heavy atom. The Morgan fingerprint density at radius 1 is 1.21 bits per heavy atom. The first-order valence-corrected chi connectivity index (χ1v) is 9.87. The highest BCUT2D eigenvalue weighted by atomic mass is 16.5. The molecule has 1 aromatic heterocycles. The van der Waals surface area contributed by atoms with Crippen LogP contribution in [0.5, 0.6) is 5.88 Å². The van der Waals surface area contributed by atoms with Crippen molar-refractivity contribution < 1.29 is 9.53 Å². The predicted molar refractivity (Wildman–Crippen MR) is 111 cm³/mol. The average Bonchev–Trinajstić information content (AvgIpc) is 2.75. The molecule has 4 rings (SSSR count). The molecule has 1 fully saturated rings. The number of piperazine rings is 1. The second-order valence-electron chi connectivity index (χ2n) is 7.23. The number of aromatic nitrogens is 1. The van der Waals surface area contributed by atoms with Gasteiger partial charge in [-0.05, 0) is 30.2 Å². The van der Waals surface area contributed by atoms with Crippen LogP contribution in [-0.2, 0) is 6.42 Å². The highest BCUT2D eigenvalue weighted by molar-refractivity contribution is 5.95. The fourth-order valence-corrected chi connectivity index (χ4v) is 3.57. The number of ether oxygens (including phenoxy) is 1. The van der Waals surface area contributed by atoms with Gasteiger partial charge in [0.1, 0.15) is 12.3 Å². The number of nitrogens with zero attached hydrogens (tertiary/aromatic N) is 3. The van der Waals surface area contributed by atoms with E-state index in [1.807, 2.05) is 13.1 Å². The summed E-state index contributed by atoms with van der Waals surface area (Å²) in [4.78, 5) is 21.2. The quantitative estimate of drug-likeness (QED) is 0.814. The van der Waals surface area contributed by atoms with E-state index < -0.39 is 0 Å². The van der Waals surface area contributed by atoms with E-state index in [9.17, 15) is 4.79 Å². The molecule has 0 atom stereocenters. The molecule has 1 aromatic carbocycles. The number of nitrogens with one attached hydrogen (secondary N) is 2. The van der Waals surface area contributed by atoms with Crippen LogP contribution in [-0.4, -0.2) is 63.8 Å². The van der Waals surface area contributed by atoms with Crippen molar-refractivity contribution in [2.75, 3.05) is 62.7 Å². The van der Waals surface area contributed by atoms with Gasteiger partial charge in [0.15, 0.2) is 0 Å². The molecule has 2 aromatic rings. The molecule has 28 heavy (non-hydrogen) atoms. The number of pyridine rings is 1. The van der Waals surface area contributed by atoms with Gasteiger partial charge in [0, 0.05) is 51.7 Å². The van der Waals surface area contributed by atoms with Gasteiger partial charge >= 0.3 is 0 Å². The zero-order valence-electron chi connectivity index (χ0n) is 16.3. The van der Waals surface area contributed by atoms with Crippen molar-refractivity contribution in [2.45, 2.75) is 6.42 Å². The van der Waals surface area contributed by atoms with Crippen molar-refractivity contribution in [3.8, 4) is 5.88 Å². The Morgan fingerprint density at radius 3 is 2.79 bits per heavy atom. The fourth-order valence-electron chi connectivity index (χ4n) is 3.57. The standard InChI is InChI=1S/C21H27N5O2/c1-25-12-13-28-21-19(25)14-17(15-24-21)20(27)23-7-6-16-2-4-18(5-3-16)26-10-8-22-9-11-26/h2-5,14-15,22H,6-13H2,1H3,(H,23,27). The summed E-state index contributed by atoms with van der Waals surface area (Å²) in [5.41, 5.74) is 3.91. The van der Waals surface area contributed by atoms with Gasteiger partial charge in [0.25, 0.3) is 5.91 Å². The third-order valence-electron chi connectivity index (χ3n) is 5.29. The van der Waals surface area contributed by atoms with Gasteiger partial charge in [-0.15, -0.1) is 0 Å². The van der Waals surface area contributed by atoms with Gasteiger partial charge in [-0.3, -0.25) is 4.79 Å². The predicted octanol–water partition coefficient (Wildman–Crippen LogP) is 1.29. The highest BCUT2D eigenvalue weighted by Crippen LogP contribution is 2.28. The van der Waals surface area contributed by atoms with Gasteiger partial charge < -0.3 is 25.2 Å². The second-order valence-corrected chi connectivity index (χ2v) is 7.23. The number of carbonyl (C=O) groups excluding carboxylic acids is 1. The van der Waals surface area contributed by atoms with E-state index in [4.69, 9.17) is 4.74 Å². The summed E-state index contributed by atoms with van der Waals surface area (Å²) in [6, 6.07) is 10.5. The molecule has 0 radical (unpaired) electrons. The van der Waals surface area contributed by atoms with E-state index >= 15 is 0 Å². The van der Waals surface area contributed by atoms with Gasteiger partial charge in [-0.2, -0.15) is 0 Å². The van der Waals surface area contributed by atoms with Crippen molar-refractivity contribution in [1.82, 2.24) is 15.6 Å². The first-order chi connectivity index (χ1) is 13.7. The molecule has 0 unspecified atom stereocenters. The van der Waals surface area contributed by atoms with Crippen molar-refractivity contribution in [2.24, 2.45) is 0 Å². The average molecular weight is 381 g/mol. The lowest BCUT2D eigenvalue weighted by atomic mass is 10.1. The summed E-state index contributed by atoms with van der Waals surface area (Å²) in [6.07, 6.45) is 2.38. The van der Waals surface area contributed by atoms with Crippen molar-refractivity contribution in [1.29, 1.82) is 0 Å². The Balaban J connectivity index is 1.30. The van der Waals surface area contributed by atoms with E-state index in [-0.39, 0.29) is 5.91 Å². The molecule has 1 saturated heterocycles. The van der Waals surface area contributed by atoms with Gasteiger partial charge in [-0.1, -0.05) is 12.1 Å². The van der Waals surface area contributed by atoms with Crippen molar-refractivity contribution >= 4 is 17.3 Å². The highest BCUT2D eigenvalue weighted by Gasteiger charge is 2.18. The zero-order chi connectivity index (χ0) is 19.3. The Bertz CT molecular complexity index is 818. The zero-order valence-corrected chi connectivity index (χ0v) is 16.3. The van der Waals surface area contributed by atoms with Crippen LogP contribution in [0.4, 0.5) is 11.4 Å². The summed E-state index contributed by atoms with van der Waals surface area (Å²) >= 11 is 0. The molecule has 0 spiro atoms. The number of carbonyl (C=O) groups is 1. The van der Waals surface area contributed by atoms with Crippen LogP contribution in [0, 0.1) is 0 Å². The number of amides is 1. The van der Waals surface area contributed by atoms with Crippen molar-refractivity contribution in [3.05, 3.63) is 47.7 Å². The monoisotopic (exact) mass is 381 g/mol. The summed E-state index contributed by atoms with van der Waals surface area (Å²) in [7, 11) is 1.98. The number of benzene rings is 1. The van der Waals surface area contributed by atoms with Crippen LogP contribution in [0.25, 0.3) is 0 Å². The third kappa shape index (κ3) is 4.20. The van der Waals surface area contributed by atoms with Crippen LogP contribution < -0.4 is 25.2 Å². The number of anilines is 2. The first kappa shape index (κ1) is 18.6. The van der Waals surface area contributed by atoms with E-state index in [1.165, 1.54) is 11.3 Å². The molecule has 3 heterocycles. The van der Waals surface area contributed by atoms with E-state index in [1.54, 1.807) is 6.20 Å². The first-order valence-electron chi connectivity index (χ1n) is 9.87. The Kier molecular flexibility index (Phi) is 5.62. The number of fused-ring (bicyclic) bond motifs is 1. The lowest BCUT2D eigenvalue weighted by molar-refractivity contribution is 0.0953. The van der Waals surface area contributed by atoms with E-state index in [0.717, 1.165) is 44.8 Å². The summed E-state index contributed by atoms with van der Waals surface area (Å²) in [5, 5.41) is 6.36. The molecule has 2 N–H and O–H groups in total. The summed E-state index contributed by atoms with van der Waals surface area (Å²) < 4.78 is 5.53.